The molecular formula is C13H27NO4. The van der Waals surface area contributed by atoms with Gasteiger partial charge in [-0.1, -0.05) is 0 Å². The molecule has 1 heterocycles. The van der Waals surface area contributed by atoms with Crippen molar-refractivity contribution in [3.8, 4) is 0 Å². The highest BCUT2D eigenvalue weighted by Gasteiger charge is 2.24. The van der Waals surface area contributed by atoms with Crippen molar-refractivity contribution < 1.29 is 18.9 Å². The van der Waals surface area contributed by atoms with Crippen LogP contribution in [0.4, 0.5) is 0 Å². The molecule has 0 saturated carbocycles. The third-order valence-electron chi connectivity index (χ3n) is 2.94. The second-order valence-electron chi connectivity index (χ2n) is 4.55. The Morgan fingerprint density at radius 3 is 2.61 bits per heavy atom. The van der Waals surface area contributed by atoms with Crippen LogP contribution < -0.4 is 5.32 Å². The largest absolute Gasteiger partial charge is 0.382 e. The summed E-state index contributed by atoms with van der Waals surface area (Å²) in [5.41, 5.74) is 0. The Kier molecular flexibility index (Phi) is 9.42. The summed E-state index contributed by atoms with van der Waals surface area (Å²) >= 11 is 0. The Morgan fingerprint density at radius 2 is 1.83 bits per heavy atom. The van der Waals surface area contributed by atoms with Crippen molar-refractivity contribution in [3.63, 3.8) is 0 Å². The van der Waals surface area contributed by atoms with Crippen molar-refractivity contribution in [1.29, 1.82) is 0 Å². The summed E-state index contributed by atoms with van der Waals surface area (Å²) < 4.78 is 21.7. The SMILES string of the molecule is CNCC1CCC(COCCCOCCOC)O1. The summed E-state index contributed by atoms with van der Waals surface area (Å²) in [6, 6.07) is 0. The van der Waals surface area contributed by atoms with E-state index in [-0.39, 0.29) is 6.10 Å². The lowest BCUT2D eigenvalue weighted by Crippen LogP contribution is -2.25. The molecule has 0 aromatic rings. The highest BCUT2D eigenvalue weighted by Crippen LogP contribution is 2.19. The fourth-order valence-electron chi connectivity index (χ4n) is 2.00. The minimum Gasteiger partial charge on any atom is -0.382 e. The minimum absolute atomic E-state index is 0.276. The topological polar surface area (TPSA) is 49.0 Å². The molecule has 5 nitrogen and oxygen atoms in total. The van der Waals surface area contributed by atoms with E-state index in [0.717, 1.165) is 39.0 Å². The van der Waals surface area contributed by atoms with Crippen LogP contribution in [0, 0.1) is 0 Å². The third kappa shape index (κ3) is 7.28. The van der Waals surface area contributed by atoms with Crippen LogP contribution in [0.15, 0.2) is 0 Å². The Bertz CT molecular complexity index is 192. The van der Waals surface area contributed by atoms with Crippen LogP contribution in [0.1, 0.15) is 19.3 Å². The van der Waals surface area contributed by atoms with Gasteiger partial charge in [-0.15, -0.1) is 0 Å². The molecule has 1 N–H and O–H groups in total. The molecule has 0 spiro atoms. The molecule has 1 saturated heterocycles. The normalized spacial score (nSPS) is 23.7. The lowest BCUT2D eigenvalue weighted by Gasteiger charge is -2.13. The minimum atomic E-state index is 0.276. The van der Waals surface area contributed by atoms with Gasteiger partial charge in [-0.05, 0) is 26.3 Å². The second kappa shape index (κ2) is 10.7. The number of nitrogens with one attached hydrogen (secondary N) is 1. The first-order valence-corrected chi connectivity index (χ1v) is 6.81. The first kappa shape index (κ1) is 15.9. The summed E-state index contributed by atoms with van der Waals surface area (Å²) in [5.74, 6) is 0. The molecule has 18 heavy (non-hydrogen) atoms. The molecule has 1 aliphatic rings. The summed E-state index contributed by atoms with van der Waals surface area (Å²) in [5, 5.41) is 3.14. The van der Waals surface area contributed by atoms with E-state index in [2.05, 4.69) is 5.32 Å². The van der Waals surface area contributed by atoms with Crippen LogP contribution in [0.25, 0.3) is 0 Å². The van der Waals surface area contributed by atoms with Crippen LogP contribution in [0.5, 0.6) is 0 Å². The van der Waals surface area contributed by atoms with E-state index in [1.54, 1.807) is 7.11 Å². The summed E-state index contributed by atoms with van der Waals surface area (Å²) in [6.07, 6.45) is 3.81. The Morgan fingerprint density at radius 1 is 1.06 bits per heavy atom. The Hall–Kier alpha value is -0.200. The Balaban J connectivity index is 1.84. The van der Waals surface area contributed by atoms with E-state index in [4.69, 9.17) is 18.9 Å². The van der Waals surface area contributed by atoms with E-state index in [1.807, 2.05) is 7.05 Å². The molecule has 108 valence electrons. The molecule has 1 rings (SSSR count). The van der Waals surface area contributed by atoms with Crippen molar-refractivity contribution in [1.82, 2.24) is 5.32 Å². The van der Waals surface area contributed by atoms with Gasteiger partial charge in [0, 0.05) is 26.9 Å². The molecule has 0 aromatic heterocycles. The van der Waals surface area contributed by atoms with E-state index in [9.17, 15) is 0 Å². The lowest BCUT2D eigenvalue weighted by molar-refractivity contribution is -0.0192. The second-order valence-corrected chi connectivity index (χ2v) is 4.55. The molecule has 1 aliphatic heterocycles. The van der Waals surface area contributed by atoms with Gasteiger partial charge in [0.25, 0.3) is 0 Å². The van der Waals surface area contributed by atoms with Gasteiger partial charge >= 0.3 is 0 Å². The van der Waals surface area contributed by atoms with Gasteiger partial charge in [-0.2, -0.15) is 0 Å². The van der Waals surface area contributed by atoms with Gasteiger partial charge in [0.1, 0.15) is 0 Å². The zero-order valence-electron chi connectivity index (χ0n) is 11.7. The first-order chi connectivity index (χ1) is 8.86. The number of rotatable bonds is 11. The van der Waals surface area contributed by atoms with Gasteiger partial charge in [-0.3, -0.25) is 0 Å². The average Bonchev–Trinajstić information content (AvgIpc) is 2.81. The van der Waals surface area contributed by atoms with Gasteiger partial charge in [0.05, 0.1) is 32.0 Å². The maximum absolute atomic E-state index is 5.83. The number of likely N-dealkylation sites (N-methyl/N-ethyl adjacent to an activating group) is 1. The molecule has 0 amide bonds. The van der Waals surface area contributed by atoms with Gasteiger partial charge in [-0.25, -0.2) is 0 Å². The maximum atomic E-state index is 5.83. The van der Waals surface area contributed by atoms with Gasteiger partial charge in [0.2, 0.25) is 0 Å². The monoisotopic (exact) mass is 261 g/mol. The molecule has 0 bridgehead atoms. The molecule has 1 fully saturated rings. The average molecular weight is 261 g/mol. The first-order valence-electron chi connectivity index (χ1n) is 6.81. The number of ether oxygens (including phenoxy) is 4. The predicted molar refractivity (Wildman–Crippen MR) is 70.0 cm³/mol. The molecule has 0 aliphatic carbocycles. The number of hydrogen-bond donors (Lipinski definition) is 1. The van der Waals surface area contributed by atoms with Crippen LogP contribution in [-0.2, 0) is 18.9 Å². The fraction of sp³-hybridized carbons (Fsp3) is 1.00. The zero-order chi connectivity index (χ0) is 13.1. The standard InChI is InChI=1S/C13H27NO4/c1-14-10-12-4-5-13(18-12)11-17-7-3-6-16-9-8-15-2/h12-14H,3-11H2,1-2H3. The molecule has 5 heteroatoms. The molecule has 0 aromatic carbocycles. The van der Waals surface area contributed by atoms with Crippen molar-refractivity contribution in [2.45, 2.75) is 31.5 Å². The quantitative estimate of drug-likeness (QED) is 0.558. The fourth-order valence-corrected chi connectivity index (χ4v) is 2.00. The van der Waals surface area contributed by atoms with Gasteiger partial charge < -0.3 is 24.3 Å². The maximum Gasteiger partial charge on any atom is 0.0813 e. The van der Waals surface area contributed by atoms with Crippen LogP contribution in [0.2, 0.25) is 0 Å². The molecule has 0 radical (unpaired) electrons. The van der Waals surface area contributed by atoms with Crippen LogP contribution in [-0.4, -0.2) is 65.9 Å². The third-order valence-corrected chi connectivity index (χ3v) is 2.94. The molecular weight excluding hydrogens is 234 g/mol. The summed E-state index contributed by atoms with van der Waals surface area (Å²) in [6.45, 7) is 4.43. The van der Waals surface area contributed by atoms with Crippen LogP contribution in [0.3, 0.4) is 0 Å². The van der Waals surface area contributed by atoms with E-state index < -0.39 is 0 Å². The molecule has 2 unspecified atom stereocenters. The summed E-state index contributed by atoms with van der Waals surface area (Å²) in [7, 11) is 3.63. The highest BCUT2D eigenvalue weighted by molar-refractivity contribution is 4.74. The Labute approximate surface area is 110 Å². The predicted octanol–water partition coefficient (Wildman–Crippen LogP) is 0.823. The van der Waals surface area contributed by atoms with Crippen molar-refractivity contribution >= 4 is 0 Å². The van der Waals surface area contributed by atoms with Gasteiger partial charge in [0.15, 0.2) is 0 Å². The van der Waals surface area contributed by atoms with Crippen molar-refractivity contribution in [2.75, 3.05) is 53.7 Å². The van der Waals surface area contributed by atoms with Crippen LogP contribution >= 0.6 is 0 Å². The van der Waals surface area contributed by atoms with E-state index >= 15 is 0 Å². The molecule has 2 atom stereocenters. The number of methoxy groups -OCH3 is 1. The highest BCUT2D eigenvalue weighted by atomic mass is 16.5. The number of hydrogen-bond acceptors (Lipinski definition) is 5. The van der Waals surface area contributed by atoms with E-state index in [0.29, 0.717) is 25.9 Å². The van der Waals surface area contributed by atoms with Crippen molar-refractivity contribution in [2.24, 2.45) is 0 Å². The van der Waals surface area contributed by atoms with Crippen molar-refractivity contribution in [3.05, 3.63) is 0 Å². The zero-order valence-corrected chi connectivity index (χ0v) is 11.7. The van der Waals surface area contributed by atoms with E-state index in [1.165, 1.54) is 0 Å². The lowest BCUT2D eigenvalue weighted by atomic mass is 10.2. The summed E-state index contributed by atoms with van der Waals surface area (Å²) in [4.78, 5) is 0. The smallest absolute Gasteiger partial charge is 0.0813 e.